The molecule has 2 aromatic rings. The lowest BCUT2D eigenvalue weighted by Gasteiger charge is -2.21. The molecule has 0 aliphatic carbocycles. The van der Waals surface area contributed by atoms with Crippen molar-refractivity contribution in [1.82, 2.24) is 10.3 Å². The third-order valence-electron chi connectivity index (χ3n) is 3.49. The number of aromatic nitrogens is 1. The van der Waals surface area contributed by atoms with E-state index in [0.29, 0.717) is 0 Å². The van der Waals surface area contributed by atoms with Gasteiger partial charge in [-0.3, -0.25) is 4.79 Å². The second-order valence-electron chi connectivity index (χ2n) is 4.81. The zero-order chi connectivity index (χ0) is 12.4. The molecule has 0 radical (unpaired) electrons. The van der Waals surface area contributed by atoms with Crippen LogP contribution in [0.1, 0.15) is 12.8 Å². The normalized spacial score (nSPS) is 19.9. The molecule has 4 heteroatoms. The van der Waals surface area contributed by atoms with Crippen LogP contribution in [0.2, 0.25) is 0 Å². The summed E-state index contributed by atoms with van der Waals surface area (Å²) in [6.07, 6.45) is 3.96. The van der Waals surface area contributed by atoms with Crippen LogP contribution in [0.25, 0.3) is 10.9 Å². The monoisotopic (exact) mass is 243 g/mol. The average Bonchev–Trinajstić information content (AvgIpc) is 2.87. The second kappa shape index (κ2) is 4.82. The Morgan fingerprint density at radius 3 is 3.11 bits per heavy atom. The summed E-state index contributed by atoms with van der Waals surface area (Å²) in [6.45, 7) is 1.82. The van der Waals surface area contributed by atoms with Gasteiger partial charge in [0.25, 0.3) is 0 Å². The minimum Gasteiger partial charge on any atom is -0.361 e. The van der Waals surface area contributed by atoms with Crippen LogP contribution in [0.3, 0.4) is 0 Å². The van der Waals surface area contributed by atoms with Gasteiger partial charge in [-0.05, 0) is 43.7 Å². The van der Waals surface area contributed by atoms with E-state index in [4.69, 9.17) is 0 Å². The van der Waals surface area contributed by atoms with E-state index in [2.05, 4.69) is 15.6 Å². The number of hydrogen-bond donors (Lipinski definition) is 3. The Morgan fingerprint density at radius 2 is 2.28 bits per heavy atom. The molecular formula is C14H17N3O. The number of H-pyrrole nitrogens is 1. The maximum atomic E-state index is 12.1. The molecule has 0 saturated carbocycles. The molecule has 0 bridgehead atoms. The van der Waals surface area contributed by atoms with Crippen LogP contribution in [-0.4, -0.2) is 24.0 Å². The second-order valence-corrected chi connectivity index (χ2v) is 4.81. The van der Waals surface area contributed by atoms with E-state index < -0.39 is 0 Å². The molecule has 0 spiro atoms. The number of nitrogens with one attached hydrogen (secondary N) is 3. The first-order valence-corrected chi connectivity index (χ1v) is 6.42. The van der Waals surface area contributed by atoms with Gasteiger partial charge in [-0.1, -0.05) is 0 Å². The predicted molar refractivity (Wildman–Crippen MR) is 72.5 cm³/mol. The maximum absolute atomic E-state index is 12.1. The van der Waals surface area contributed by atoms with Gasteiger partial charge in [0.05, 0.1) is 5.92 Å². The number of carbonyl (C=O) groups is 1. The molecular weight excluding hydrogens is 226 g/mol. The fraction of sp³-hybridized carbons (Fsp3) is 0.357. The molecule has 1 aromatic carbocycles. The van der Waals surface area contributed by atoms with Crippen LogP contribution in [0.15, 0.2) is 30.5 Å². The lowest BCUT2D eigenvalue weighted by Crippen LogP contribution is -2.37. The molecule has 3 N–H and O–H groups in total. The Balaban J connectivity index is 1.72. The first-order chi connectivity index (χ1) is 8.83. The number of carbonyl (C=O) groups excluding carboxylic acids is 1. The van der Waals surface area contributed by atoms with Crippen molar-refractivity contribution in [2.24, 2.45) is 5.92 Å². The molecule has 1 aliphatic heterocycles. The first kappa shape index (κ1) is 11.3. The molecule has 1 atom stereocenters. The molecule has 1 aromatic heterocycles. The summed E-state index contributed by atoms with van der Waals surface area (Å²) in [6, 6.07) is 7.93. The van der Waals surface area contributed by atoms with Crippen molar-refractivity contribution in [3.05, 3.63) is 30.5 Å². The number of benzene rings is 1. The van der Waals surface area contributed by atoms with E-state index in [0.717, 1.165) is 42.5 Å². The minimum absolute atomic E-state index is 0.0978. The highest BCUT2D eigenvalue weighted by atomic mass is 16.1. The summed E-state index contributed by atoms with van der Waals surface area (Å²) in [5, 5.41) is 7.38. The lowest BCUT2D eigenvalue weighted by atomic mass is 9.99. The van der Waals surface area contributed by atoms with Crippen LogP contribution < -0.4 is 10.6 Å². The number of hydrogen-bond acceptors (Lipinski definition) is 2. The van der Waals surface area contributed by atoms with Crippen LogP contribution in [0.5, 0.6) is 0 Å². The van der Waals surface area contributed by atoms with Crippen molar-refractivity contribution in [1.29, 1.82) is 0 Å². The summed E-state index contributed by atoms with van der Waals surface area (Å²) in [5.41, 5.74) is 1.96. The third-order valence-corrected chi connectivity index (χ3v) is 3.49. The molecule has 3 rings (SSSR count). The Morgan fingerprint density at radius 1 is 1.33 bits per heavy atom. The largest absolute Gasteiger partial charge is 0.361 e. The van der Waals surface area contributed by atoms with Gasteiger partial charge in [0.15, 0.2) is 0 Å². The third kappa shape index (κ3) is 2.24. The fourth-order valence-electron chi connectivity index (χ4n) is 2.45. The predicted octanol–water partition coefficient (Wildman–Crippen LogP) is 2.11. The van der Waals surface area contributed by atoms with E-state index in [9.17, 15) is 4.79 Å². The fourth-order valence-corrected chi connectivity index (χ4v) is 2.45. The summed E-state index contributed by atoms with van der Waals surface area (Å²) in [7, 11) is 0. The molecule has 4 nitrogen and oxygen atoms in total. The van der Waals surface area contributed by atoms with Gasteiger partial charge in [0.1, 0.15) is 0 Å². The highest BCUT2D eigenvalue weighted by Crippen LogP contribution is 2.19. The number of rotatable bonds is 2. The summed E-state index contributed by atoms with van der Waals surface area (Å²) in [5.74, 6) is 0.220. The van der Waals surface area contributed by atoms with Crippen LogP contribution in [-0.2, 0) is 4.79 Å². The number of piperidine rings is 1. The minimum atomic E-state index is 0.0978. The standard InChI is InChI=1S/C14H17N3O/c18-14(11-2-1-6-15-9-11)17-12-3-4-13-10(8-12)5-7-16-13/h3-5,7-8,11,15-16H,1-2,6,9H2,(H,17,18)/t11-/m0/s1. The zero-order valence-electron chi connectivity index (χ0n) is 10.2. The smallest absolute Gasteiger partial charge is 0.228 e. The van der Waals surface area contributed by atoms with Crippen LogP contribution >= 0.6 is 0 Å². The van der Waals surface area contributed by atoms with Crippen molar-refractivity contribution < 1.29 is 4.79 Å². The number of amides is 1. The maximum Gasteiger partial charge on any atom is 0.228 e. The highest BCUT2D eigenvalue weighted by molar-refractivity contribution is 5.95. The van der Waals surface area contributed by atoms with Crippen LogP contribution in [0, 0.1) is 5.92 Å². The SMILES string of the molecule is O=C(Nc1ccc2[nH]ccc2c1)[C@H]1CCCNC1. The summed E-state index contributed by atoms with van der Waals surface area (Å²) >= 11 is 0. The molecule has 2 heterocycles. The van der Waals surface area contributed by atoms with Gasteiger partial charge in [0.2, 0.25) is 5.91 Å². The van der Waals surface area contributed by atoms with Gasteiger partial charge in [0, 0.05) is 29.3 Å². The number of fused-ring (bicyclic) bond motifs is 1. The molecule has 1 amide bonds. The van der Waals surface area contributed by atoms with Crippen molar-refractivity contribution >= 4 is 22.5 Å². The molecule has 94 valence electrons. The Bertz CT molecular complexity index is 555. The van der Waals surface area contributed by atoms with E-state index in [1.54, 1.807) is 0 Å². The first-order valence-electron chi connectivity index (χ1n) is 6.42. The molecule has 18 heavy (non-hydrogen) atoms. The average molecular weight is 243 g/mol. The van der Waals surface area contributed by atoms with E-state index >= 15 is 0 Å². The Kier molecular flexibility index (Phi) is 3.02. The van der Waals surface area contributed by atoms with Crippen molar-refractivity contribution in [3.8, 4) is 0 Å². The highest BCUT2D eigenvalue weighted by Gasteiger charge is 2.20. The van der Waals surface area contributed by atoms with Gasteiger partial charge >= 0.3 is 0 Å². The van der Waals surface area contributed by atoms with Crippen molar-refractivity contribution in [2.75, 3.05) is 18.4 Å². The van der Waals surface area contributed by atoms with Crippen molar-refractivity contribution in [3.63, 3.8) is 0 Å². The number of anilines is 1. The molecule has 0 unspecified atom stereocenters. The Hall–Kier alpha value is -1.81. The molecule has 1 saturated heterocycles. The van der Waals surface area contributed by atoms with Crippen LogP contribution in [0.4, 0.5) is 5.69 Å². The van der Waals surface area contributed by atoms with Gasteiger partial charge in [-0.2, -0.15) is 0 Å². The lowest BCUT2D eigenvalue weighted by molar-refractivity contribution is -0.120. The number of aromatic amines is 1. The Labute approximate surface area is 106 Å². The van der Waals surface area contributed by atoms with Gasteiger partial charge in [-0.25, -0.2) is 0 Å². The molecule has 1 fully saturated rings. The quantitative estimate of drug-likeness (QED) is 0.756. The van der Waals surface area contributed by atoms with E-state index in [1.165, 1.54) is 0 Å². The van der Waals surface area contributed by atoms with Gasteiger partial charge in [-0.15, -0.1) is 0 Å². The van der Waals surface area contributed by atoms with E-state index in [1.807, 2.05) is 30.5 Å². The topological polar surface area (TPSA) is 56.9 Å². The summed E-state index contributed by atoms with van der Waals surface area (Å²) < 4.78 is 0. The summed E-state index contributed by atoms with van der Waals surface area (Å²) in [4.78, 5) is 15.2. The van der Waals surface area contributed by atoms with Gasteiger partial charge < -0.3 is 15.6 Å². The molecule has 1 aliphatic rings. The van der Waals surface area contributed by atoms with Crippen molar-refractivity contribution in [2.45, 2.75) is 12.8 Å². The zero-order valence-corrected chi connectivity index (χ0v) is 10.2. The van der Waals surface area contributed by atoms with E-state index in [-0.39, 0.29) is 11.8 Å².